The minimum Gasteiger partial charge on any atom is -0.492 e. The van der Waals surface area contributed by atoms with Gasteiger partial charge < -0.3 is 15.0 Å². The molecule has 3 aliphatic rings. The minimum absolute atomic E-state index is 0.169. The molecule has 0 radical (unpaired) electrons. The maximum atomic E-state index is 13.7. The summed E-state index contributed by atoms with van der Waals surface area (Å²) in [5.41, 5.74) is 5.88. The van der Waals surface area contributed by atoms with Crippen molar-refractivity contribution >= 4 is 49.4 Å². The second-order valence-corrected chi connectivity index (χ2v) is 12.8. The van der Waals surface area contributed by atoms with Gasteiger partial charge in [-0.15, -0.1) is 0 Å². The van der Waals surface area contributed by atoms with Crippen LogP contribution in [0.3, 0.4) is 0 Å². The lowest BCUT2D eigenvalue weighted by molar-refractivity contribution is -0.110. The standard InChI is InChI=1S/C32H32N4O4S/c1-21(29-19-23-18-24(8-10-27(23)33-29)40-17-16-35-13-4-5-14-35)31-26-20-25(9-11-28(26)34-32(31)37)41(38,39)36-15-12-22-6-2-3-7-30(22)36/h2-3,6-11,18-20,33H,4-5,12-17H2,1H3,(H,34,37)/b31-21-. The quantitative estimate of drug-likeness (QED) is 0.296. The number of anilines is 2. The first-order valence-corrected chi connectivity index (χ1v) is 15.6. The Hall–Kier alpha value is -4.08. The molecule has 8 nitrogen and oxygen atoms in total. The SMILES string of the molecule is C/C(=C1/C(=O)Nc2ccc(S(=O)(=O)N3CCc4ccccc43)cc21)c1cc2cc(OCCN3CCCC3)ccc2[nH]1. The zero-order chi connectivity index (χ0) is 28.1. The van der Waals surface area contributed by atoms with Crippen LogP contribution in [0.1, 0.15) is 36.6 Å². The summed E-state index contributed by atoms with van der Waals surface area (Å²) in [5, 5.41) is 3.90. The second kappa shape index (κ2) is 10.1. The number of aromatic nitrogens is 1. The van der Waals surface area contributed by atoms with E-state index in [2.05, 4.69) is 15.2 Å². The van der Waals surface area contributed by atoms with Gasteiger partial charge in [-0.1, -0.05) is 18.2 Å². The first-order valence-electron chi connectivity index (χ1n) is 14.1. The zero-order valence-corrected chi connectivity index (χ0v) is 23.8. The number of ether oxygens (including phenoxy) is 1. The maximum Gasteiger partial charge on any atom is 0.264 e. The third-order valence-corrected chi connectivity index (χ3v) is 10.2. The van der Waals surface area contributed by atoms with E-state index in [9.17, 15) is 13.2 Å². The summed E-state index contributed by atoms with van der Waals surface area (Å²) in [6.45, 7) is 6.16. The number of benzene rings is 3. The van der Waals surface area contributed by atoms with Gasteiger partial charge in [0.1, 0.15) is 12.4 Å². The highest BCUT2D eigenvalue weighted by Gasteiger charge is 2.33. The summed E-state index contributed by atoms with van der Waals surface area (Å²) in [6, 6.07) is 20.4. The predicted octanol–water partition coefficient (Wildman–Crippen LogP) is 5.28. The van der Waals surface area contributed by atoms with Crippen molar-refractivity contribution in [2.45, 2.75) is 31.1 Å². The van der Waals surface area contributed by atoms with Crippen molar-refractivity contribution in [2.24, 2.45) is 0 Å². The molecule has 0 saturated carbocycles. The fourth-order valence-corrected chi connectivity index (χ4v) is 7.73. The number of fused-ring (bicyclic) bond motifs is 3. The van der Waals surface area contributed by atoms with Crippen LogP contribution in [0, 0.1) is 0 Å². The van der Waals surface area contributed by atoms with Crippen LogP contribution in [0.25, 0.3) is 22.0 Å². The first kappa shape index (κ1) is 25.9. The van der Waals surface area contributed by atoms with E-state index in [4.69, 9.17) is 4.74 Å². The van der Waals surface area contributed by atoms with E-state index in [0.29, 0.717) is 42.1 Å². The van der Waals surface area contributed by atoms with E-state index in [1.54, 1.807) is 18.2 Å². The van der Waals surface area contributed by atoms with Crippen LogP contribution in [0.15, 0.2) is 71.6 Å². The molecule has 3 aliphatic heterocycles. The molecule has 3 aromatic carbocycles. The average Bonchev–Trinajstić information content (AvgIpc) is 3.77. The van der Waals surface area contributed by atoms with Gasteiger partial charge >= 0.3 is 0 Å². The van der Waals surface area contributed by atoms with Crippen molar-refractivity contribution in [3.05, 3.63) is 83.6 Å². The molecule has 0 unspecified atom stereocenters. The lowest BCUT2D eigenvalue weighted by atomic mass is 10.00. The summed E-state index contributed by atoms with van der Waals surface area (Å²) in [5.74, 6) is 0.568. The number of H-pyrrole nitrogens is 1. The van der Waals surface area contributed by atoms with Crippen molar-refractivity contribution in [1.29, 1.82) is 0 Å². The molecule has 210 valence electrons. The van der Waals surface area contributed by atoms with Gasteiger partial charge in [0.15, 0.2) is 0 Å². The van der Waals surface area contributed by atoms with Crippen molar-refractivity contribution in [3.63, 3.8) is 0 Å². The first-order chi connectivity index (χ1) is 19.9. The molecule has 2 N–H and O–H groups in total. The van der Waals surface area contributed by atoms with Crippen LogP contribution in [0.5, 0.6) is 5.75 Å². The van der Waals surface area contributed by atoms with Gasteiger partial charge in [0.2, 0.25) is 0 Å². The smallest absolute Gasteiger partial charge is 0.264 e. The Morgan fingerprint density at radius 2 is 1.80 bits per heavy atom. The molecule has 4 aromatic rings. The summed E-state index contributed by atoms with van der Waals surface area (Å²) in [4.78, 5) is 19.2. The van der Waals surface area contributed by atoms with Crippen LogP contribution in [0.2, 0.25) is 0 Å². The number of carbonyl (C=O) groups is 1. The molecule has 0 spiro atoms. The molecule has 9 heteroatoms. The number of hydrogen-bond acceptors (Lipinski definition) is 5. The van der Waals surface area contributed by atoms with Crippen LogP contribution in [-0.4, -0.2) is 57.0 Å². The number of amides is 1. The number of sulfonamides is 1. The van der Waals surface area contributed by atoms with Gasteiger partial charge in [-0.3, -0.25) is 14.0 Å². The molecule has 1 amide bonds. The number of nitrogens with one attached hydrogen (secondary N) is 2. The largest absolute Gasteiger partial charge is 0.492 e. The fraction of sp³-hybridized carbons (Fsp3) is 0.281. The van der Waals surface area contributed by atoms with Crippen LogP contribution in [-0.2, 0) is 21.2 Å². The van der Waals surface area contributed by atoms with E-state index in [-0.39, 0.29) is 10.8 Å². The topological polar surface area (TPSA) is 94.7 Å². The van der Waals surface area contributed by atoms with Crippen molar-refractivity contribution in [3.8, 4) is 5.75 Å². The monoisotopic (exact) mass is 568 g/mol. The molecular formula is C32H32N4O4S. The lowest BCUT2D eigenvalue weighted by Crippen LogP contribution is -2.29. The van der Waals surface area contributed by atoms with Gasteiger partial charge in [0.25, 0.3) is 15.9 Å². The average molecular weight is 569 g/mol. The van der Waals surface area contributed by atoms with Gasteiger partial charge in [-0.25, -0.2) is 8.42 Å². The highest BCUT2D eigenvalue weighted by Crippen LogP contribution is 2.40. The van der Waals surface area contributed by atoms with E-state index in [1.807, 2.05) is 55.5 Å². The third kappa shape index (κ3) is 4.59. The number of aromatic amines is 1. The van der Waals surface area contributed by atoms with E-state index >= 15 is 0 Å². The second-order valence-electron chi connectivity index (χ2n) is 10.9. The predicted molar refractivity (Wildman–Crippen MR) is 162 cm³/mol. The molecule has 1 fully saturated rings. The Kier molecular flexibility index (Phi) is 6.36. The van der Waals surface area contributed by atoms with Crippen molar-refractivity contribution in [2.75, 3.05) is 42.4 Å². The van der Waals surface area contributed by atoms with Gasteiger partial charge in [0.05, 0.1) is 16.2 Å². The Bertz CT molecular complexity index is 1820. The number of allylic oxidation sites excluding steroid dienone is 1. The molecule has 1 saturated heterocycles. The molecule has 41 heavy (non-hydrogen) atoms. The Morgan fingerprint density at radius 1 is 0.976 bits per heavy atom. The summed E-state index contributed by atoms with van der Waals surface area (Å²) in [6.07, 6.45) is 3.20. The number of likely N-dealkylation sites (tertiary alicyclic amines) is 1. The third-order valence-electron chi connectivity index (χ3n) is 8.41. The molecule has 7 rings (SSSR count). The van der Waals surface area contributed by atoms with Crippen LogP contribution in [0.4, 0.5) is 11.4 Å². The highest BCUT2D eigenvalue weighted by molar-refractivity contribution is 7.92. The molecule has 0 aliphatic carbocycles. The fourth-order valence-electron chi connectivity index (χ4n) is 6.20. The van der Waals surface area contributed by atoms with Crippen molar-refractivity contribution in [1.82, 2.24) is 9.88 Å². The maximum absolute atomic E-state index is 13.7. The molecular weight excluding hydrogens is 536 g/mol. The number of rotatable bonds is 7. The zero-order valence-electron chi connectivity index (χ0n) is 22.9. The number of para-hydroxylation sites is 1. The van der Waals surface area contributed by atoms with Gasteiger partial charge in [-0.05, 0) is 98.9 Å². The van der Waals surface area contributed by atoms with Crippen LogP contribution >= 0.6 is 0 Å². The summed E-state index contributed by atoms with van der Waals surface area (Å²) < 4.78 is 34.9. The van der Waals surface area contributed by atoms with Gasteiger partial charge in [-0.2, -0.15) is 0 Å². The summed E-state index contributed by atoms with van der Waals surface area (Å²) >= 11 is 0. The minimum atomic E-state index is -3.80. The number of hydrogen-bond donors (Lipinski definition) is 2. The number of carbonyl (C=O) groups excluding carboxylic acids is 1. The number of nitrogens with zero attached hydrogens (tertiary/aromatic N) is 2. The molecule has 4 heterocycles. The Morgan fingerprint density at radius 3 is 2.66 bits per heavy atom. The molecule has 0 atom stereocenters. The van der Waals surface area contributed by atoms with E-state index in [1.165, 1.54) is 17.1 Å². The lowest BCUT2D eigenvalue weighted by Gasteiger charge is -2.20. The normalized spacial score (nSPS) is 18.1. The van der Waals surface area contributed by atoms with Crippen molar-refractivity contribution < 1.29 is 17.9 Å². The Labute approximate surface area is 239 Å². The van der Waals surface area contributed by atoms with E-state index < -0.39 is 10.0 Å². The highest BCUT2D eigenvalue weighted by atomic mass is 32.2. The Balaban J connectivity index is 1.18. The van der Waals surface area contributed by atoms with Crippen LogP contribution < -0.4 is 14.4 Å². The summed E-state index contributed by atoms with van der Waals surface area (Å²) in [7, 11) is -3.80. The van der Waals surface area contributed by atoms with E-state index in [0.717, 1.165) is 53.1 Å². The van der Waals surface area contributed by atoms with Gasteiger partial charge in [0, 0.05) is 40.9 Å². The molecule has 1 aromatic heterocycles. The molecule has 0 bridgehead atoms.